The van der Waals surface area contributed by atoms with Gasteiger partial charge in [-0.25, -0.2) is 14.5 Å². The van der Waals surface area contributed by atoms with Crippen molar-refractivity contribution in [3.8, 4) is 28.3 Å². The van der Waals surface area contributed by atoms with Gasteiger partial charge in [-0.2, -0.15) is 5.26 Å². The van der Waals surface area contributed by atoms with Crippen LogP contribution < -0.4 is 5.32 Å². The molecular weight excluding hydrogens is 457 g/mol. The highest BCUT2D eigenvalue weighted by Crippen LogP contribution is 2.38. The molecule has 0 unspecified atom stereocenters. The number of amides is 1. The number of phosphoric acid groups is 1. The van der Waals surface area contributed by atoms with Gasteiger partial charge >= 0.3 is 7.82 Å². The second-order valence-electron chi connectivity index (χ2n) is 7.17. The van der Waals surface area contributed by atoms with Gasteiger partial charge < -0.3 is 19.7 Å². The van der Waals surface area contributed by atoms with Crippen molar-refractivity contribution >= 4 is 30.5 Å². The molecule has 0 atom stereocenters. The number of nitrogens with one attached hydrogen (secondary N) is 1. The third kappa shape index (κ3) is 5.09. The van der Waals surface area contributed by atoms with Crippen LogP contribution in [0.15, 0.2) is 73.7 Å². The standard InChI is InChI=1S/C23H18N5O5P/c1-2-22(29)27-18-5-3-4-15(8-18)17-10-20-21(16-6-7-25-19(9-16)11-24)13-28(23(20)26-12-17)14-33-34(30,31)32/h2-10,12-13H,1,14H2,(H,27,29)(H2,30,31,32). The lowest BCUT2D eigenvalue weighted by Crippen LogP contribution is -2.06. The van der Waals surface area contributed by atoms with E-state index in [9.17, 15) is 14.6 Å². The number of fused-ring (bicyclic) bond motifs is 1. The molecule has 1 amide bonds. The lowest BCUT2D eigenvalue weighted by molar-refractivity contribution is -0.111. The zero-order chi connectivity index (χ0) is 24.3. The predicted molar refractivity (Wildman–Crippen MR) is 125 cm³/mol. The fraction of sp³-hybridized carbons (Fsp3) is 0.0435. The number of hydrogen-bond donors (Lipinski definition) is 3. The molecule has 1 aromatic carbocycles. The number of pyridine rings is 2. The van der Waals surface area contributed by atoms with E-state index in [1.807, 2.05) is 18.2 Å². The molecule has 0 fully saturated rings. The zero-order valence-corrected chi connectivity index (χ0v) is 18.5. The Balaban J connectivity index is 1.84. The highest BCUT2D eigenvalue weighted by Gasteiger charge is 2.18. The Kier molecular flexibility index (Phi) is 6.36. The van der Waals surface area contributed by atoms with E-state index >= 15 is 0 Å². The van der Waals surface area contributed by atoms with Gasteiger partial charge in [0.1, 0.15) is 24.1 Å². The molecule has 11 heteroatoms. The van der Waals surface area contributed by atoms with Crippen molar-refractivity contribution in [1.29, 1.82) is 5.26 Å². The number of carbonyl (C=O) groups excluding carboxylic acids is 1. The molecule has 170 valence electrons. The fourth-order valence-electron chi connectivity index (χ4n) is 3.42. The molecule has 0 saturated heterocycles. The molecule has 0 bridgehead atoms. The highest BCUT2D eigenvalue weighted by atomic mass is 31.2. The molecule has 3 N–H and O–H groups in total. The number of nitriles is 1. The SMILES string of the molecule is C=CC(=O)Nc1cccc(-c2cnc3c(c2)c(-c2ccnc(C#N)c2)cn3COP(=O)(O)O)c1. The third-order valence-corrected chi connectivity index (χ3v) is 5.36. The Morgan fingerprint density at radius 3 is 2.76 bits per heavy atom. The summed E-state index contributed by atoms with van der Waals surface area (Å²) in [5.74, 6) is -0.332. The van der Waals surface area contributed by atoms with Crippen molar-refractivity contribution in [3.63, 3.8) is 0 Å². The normalized spacial score (nSPS) is 11.2. The lowest BCUT2D eigenvalue weighted by Gasteiger charge is -2.08. The summed E-state index contributed by atoms with van der Waals surface area (Å²) < 4.78 is 17.4. The van der Waals surface area contributed by atoms with Gasteiger partial charge in [0.2, 0.25) is 5.91 Å². The number of benzene rings is 1. The van der Waals surface area contributed by atoms with E-state index in [-0.39, 0.29) is 11.6 Å². The molecule has 0 saturated carbocycles. The predicted octanol–water partition coefficient (Wildman–Crippen LogP) is 3.83. The first-order valence-electron chi connectivity index (χ1n) is 9.87. The van der Waals surface area contributed by atoms with Crippen molar-refractivity contribution in [3.05, 3.63) is 79.4 Å². The van der Waals surface area contributed by atoms with Gasteiger partial charge in [0.15, 0.2) is 0 Å². The van der Waals surface area contributed by atoms with E-state index in [1.165, 1.54) is 16.8 Å². The van der Waals surface area contributed by atoms with Crippen LogP contribution in [0.4, 0.5) is 5.69 Å². The summed E-state index contributed by atoms with van der Waals surface area (Å²) in [6.45, 7) is 3.02. The first-order valence-corrected chi connectivity index (χ1v) is 11.4. The number of phosphoric ester groups is 1. The number of hydrogen-bond acceptors (Lipinski definition) is 6. The average molecular weight is 475 g/mol. The number of anilines is 1. The number of carbonyl (C=O) groups is 1. The maximum atomic E-state index is 11.7. The van der Waals surface area contributed by atoms with E-state index in [0.717, 1.165) is 11.1 Å². The Morgan fingerprint density at radius 2 is 2.03 bits per heavy atom. The minimum atomic E-state index is -4.71. The molecule has 3 aromatic heterocycles. The molecule has 3 heterocycles. The maximum absolute atomic E-state index is 11.7. The van der Waals surface area contributed by atoms with Crippen LogP contribution >= 0.6 is 7.82 Å². The molecule has 4 rings (SSSR count). The van der Waals surface area contributed by atoms with Crippen molar-refractivity contribution in [2.24, 2.45) is 0 Å². The van der Waals surface area contributed by atoms with E-state index in [1.54, 1.807) is 42.7 Å². The van der Waals surface area contributed by atoms with Gasteiger partial charge in [-0.15, -0.1) is 0 Å². The van der Waals surface area contributed by atoms with E-state index in [4.69, 9.17) is 9.79 Å². The largest absolute Gasteiger partial charge is 0.471 e. The van der Waals surface area contributed by atoms with Gasteiger partial charge in [-0.3, -0.25) is 9.32 Å². The third-order valence-electron chi connectivity index (χ3n) is 4.91. The van der Waals surface area contributed by atoms with Crippen LogP contribution in [-0.4, -0.2) is 30.2 Å². The zero-order valence-electron chi connectivity index (χ0n) is 17.6. The molecule has 34 heavy (non-hydrogen) atoms. The monoisotopic (exact) mass is 475 g/mol. The van der Waals surface area contributed by atoms with E-state index in [2.05, 4.69) is 26.4 Å². The molecule has 0 aliphatic heterocycles. The number of nitrogens with zero attached hydrogens (tertiary/aromatic N) is 4. The number of rotatable bonds is 7. The fourth-order valence-corrected chi connectivity index (χ4v) is 3.70. The van der Waals surface area contributed by atoms with Gasteiger partial charge in [0, 0.05) is 40.8 Å². The first-order chi connectivity index (χ1) is 16.3. The summed E-state index contributed by atoms with van der Waals surface area (Å²) in [7, 11) is -4.71. The van der Waals surface area contributed by atoms with Crippen LogP contribution in [0.5, 0.6) is 0 Å². The minimum Gasteiger partial charge on any atom is -0.323 e. The molecule has 0 radical (unpaired) electrons. The molecule has 0 aliphatic carbocycles. The number of aromatic nitrogens is 3. The minimum absolute atomic E-state index is 0.222. The van der Waals surface area contributed by atoms with Crippen molar-refractivity contribution in [2.45, 2.75) is 6.73 Å². The summed E-state index contributed by atoms with van der Waals surface area (Å²) in [5, 5.41) is 12.6. The van der Waals surface area contributed by atoms with Crippen LogP contribution in [0.25, 0.3) is 33.3 Å². The van der Waals surface area contributed by atoms with Crippen LogP contribution in [0.3, 0.4) is 0 Å². The quantitative estimate of drug-likeness (QED) is 0.270. The van der Waals surface area contributed by atoms with Crippen molar-refractivity contribution < 1.29 is 23.7 Å². The smallest absolute Gasteiger partial charge is 0.323 e. The second kappa shape index (κ2) is 9.39. The van der Waals surface area contributed by atoms with Crippen LogP contribution in [-0.2, 0) is 20.6 Å². The van der Waals surface area contributed by atoms with Gasteiger partial charge in [-0.05, 0) is 47.5 Å². The average Bonchev–Trinajstić information content (AvgIpc) is 3.20. The molecule has 0 aliphatic rings. The highest BCUT2D eigenvalue weighted by molar-refractivity contribution is 7.46. The van der Waals surface area contributed by atoms with Gasteiger partial charge in [-0.1, -0.05) is 18.7 Å². The molecule has 0 spiro atoms. The Bertz CT molecular complexity index is 1500. The Labute approximate surface area is 194 Å². The Morgan fingerprint density at radius 1 is 1.21 bits per heavy atom. The summed E-state index contributed by atoms with van der Waals surface area (Å²) in [4.78, 5) is 38.4. The van der Waals surface area contributed by atoms with E-state index < -0.39 is 14.6 Å². The maximum Gasteiger partial charge on any atom is 0.471 e. The molecule has 10 nitrogen and oxygen atoms in total. The second-order valence-corrected chi connectivity index (χ2v) is 8.41. The van der Waals surface area contributed by atoms with Crippen LogP contribution in [0.2, 0.25) is 0 Å². The summed E-state index contributed by atoms with van der Waals surface area (Å²) in [5.41, 5.74) is 4.12. The molecule has 4 aromatic rings. The topological polar surface area (TPSA) is 150 Å². The summed E-state index contributed by atoms with van der Waals surface area (Å²) >= 11 is 0. The van der Waals surface area contributed by atoms with Crippen LogP contribution in [0.1, 0.15) is 5.69 Å². The summed E-state index contributed by atoms with van der Waals surface area (Å²) in [6, 6.07) is 14.4. The van der Waals surface area contributed by atoms with Gasteiger partial charge in [0.05, 0.1) is 0 Å². The van der Waals surface area contributed by atoms with Crippen molar-refractivity contribution in [1.82, 2.24) is 14.5 Å². The lowest BCUT2D eigenvalue weighted by atomic mass is 10.0. The first kappa shape index (κ1) is 23.0. The van der Waals surface area contributed by atoms with E-state index in [0.29, 0.717) is 27.8 Å². The Hall–Kier alpha value is -4.13. The van der Waals surface area contributed by atoms with Crippen molar-refractivity contribution in [2.75, 3.05) is 5.32 Å². The van der Waals surface area contributed by atoms with Crippen LogP contribution in [0, 0.1) is 11.3 Å². The summed E-state index contributed by atoms with van der Waals surface area (Å²) in [6.07, 6.45) is 5.95. The van der Waals surface area contributed by atoms with Gasteiger partial charge in [0.25, 0.3) is 0 Å². The molecular formula is C23H18N5O5P.